The van der Waals surface area contributed by atoms with Crippen LogP contribution in [0.4, 0.5) is 0 Å². The fourth-order valence-corrected chi connectivity index (χ4v) is 4.49. The molecule has 2 aromatic carbocycles. The molecule has 1 aliphatic carbocycles. The second-order valence-corrected chi connectivity index (χ2v) is 8.17. The zero-order valence-corrected chi connectivity index (χ0v) is 17.6. The first kappa shape index (κ1) is 21.4. The summed E-state index contributed by atoms with van der Waals surface area (Å²) >= 11 is 0. The van der Waals surface area contributed by atoms with Crippen molar-refractivity contribution >= 4 is 6.08 Å². The first-order valence-electron chi connectivity index (χ1n) is 10.6. The molecule has 2 unspecified atom stereocenters. The number of hydrogen-bond acceptors (Lipinski definition) is 2. The highest BCUT2D eigenvalue weighted by atomic mass is 14.5. The van der Waals surface area contributed by atoms with E-state index in [2.05, 4.69) is 73.3 Å². The van der Waals surface area contributed by atoms with Gasteiger partial charge in [-0.25, -0.2) is 0 Å². The Kier molecular flexibility index (Phi) is 7.05. The van der Waals surface area contributed by atoms with Gasteiger partial charge in [0.1, 0.15) is 0 Å². The van der Waals surface area contributed by atoms with E-state index in [1.165, 1.54) is 5.56 Å². The summed E-state index contributed by atoms with van der Waals surface area (Å²) < 4.78 is 0. The molecule has 0 saturated carbocycles. The maximum absolute atomic E-state index is 10.1. The topological polar surface area (TPSA) is 47.6 Å². The minimum atomic E-state index is -1.15. The van der Waals surface area contributed by atoms with E-state index in [9.17, 15) is 10.5 Å². The molecule has 0 bridgehead atoms. The third-order valence-corrected chi connectivity index (χ3v) is 5.84. The van der Waals surface area contributed by atoms with Gasteiger partial charge in [-0.05, 0) is 48.8 Å². The van der Waals surface area contributed by atoms with Gasteiger partial charge in [-0.1, -0.05) is 84.5 Å². The average Bonchev–Trinajstić information content (AvgIpc) is 2.79. The van der Waals surface area contributed by atoms with Gasteiger partial charge in [-0.2, -0.15) is 10.5 Å². The maximum atomic E-state index is 10.1. The number of benzene rings is 2. The lowest BCUT2D eigenvalue weighted by Crippen LogP contribution is -2.30. The van der Waals surface area contributed by atoms with Gasteiger partial charge in [0.15, 0.2) is 5.41 Å². The molecule has 0 aromatic heterocycles. The predicted octanol–water partition coefficient (Wildman–Crippen LogP) is 7.21. The third kappa shape index (κ3) is 4.79. The van der Waals surface area contributed by atoms with E-state index in [0.29, 0.717) is 6.42 Å². The van der Waals surface area contributed by atoms with Crippen LogP contribution < -0.4 is 0 Å². The van der Waals surface area contributed by atoms with Gasteiger partial charge in [0.05, 0.1) is 12.1 Å². The van der Waals surface area contributed by atoms with Crippen molar-refractivity contribution in [2.75, 3.05) is 0 Å². The van der Waals surface area contributed by atoms with Crippen LogP contribution in [0.5, 0.6) is 0 Å². The van der Waals surface area contributed by atoms with Crippen LogP contribution in [0.3, 0.4) is 0 Å². The summed E-state index contributed by atoms with van der Waals surface area (Å²) in [4.78, 5) is 0. The Labute approximate surface area is 180 Å². The van der Waals surface area contributed by atoms with Crippen molar-refractivity contribution in [3.8, 4) is 12.1 Å². The molecule has 0 saturated heterocycles. The van der Waals surface area contributed by atoms with E-state index < -0.39 is 5.41 Å². The largest absolute Gasteiger partial charge is 0.196 e. The van der Waals surface area contributed by atoms with Crippen LogP contribution in [0.25, 0.3) is 6.08 Å². The number of hydrogen-bond donors (Lipinski definition) is 0. The van der Waals surface area contributed by atoms with Crippen molar-refractivity contribution in [1.82, 2.24) is 0 Å². The normalized spacial score (nSPS) is 17.6. The molecule has 0 aliphatic heterocycles. The summed E-state index contributed by atoms with van der Waals surface area (Å²) in [6, 6.07) is 25.4. The average molecular weight is 393 g/mol. The Morgan fingerprint density at radius 3 is 2.33 bits per heavy atom. The monoisotopic (exact) mass is 392 g/mol. The fourth-order valence-electron chi connectivity index (χ4n) is 4.49. The van der Waals surface area contributed by atoms with Gasteiger partial charge < -0.3 is 0 Å². The second kappa shape index (κ2) is 9.91. The number of nitriles is 2. The SMILES string of the molecule is C=C(C)CC(C#N)(C#N)C1=CCCCC1C(C=Cc1ccccc1)c1ccccc1. The van der Waals surface area contributed by atoms with Crippen molar-refractivity contribution < 1.29 is 0 Å². The number of rotatable bonds is 7. The van der Waals surface area contributed by atoms with E-state index in [0.717, 1.165) is 36.0 Å². The minimum Gasteiger partial charge on any atom is -0.196 e. The highest BCUT2D eigenvalue weighted by Crippen LogP contribution is 2.47. The number of nitrogens with zero attached hydrogens (tertiary/aromatic N) is 2. The first-order valence-corrected chi connectivity index (χ1v) is 10.6. The molecule has 0 fully saturated rings. The lowest BCUT2D eigenvalue weighted by molar-refractivity contribution is 0.402. The van der Waals surface area contributed by atoms with Crippen molar-refractivity contribution in [3.63, 3.8) is 0 Å². The highest BCUT2D eigenvalue weighted by Gasteiger charge is 2.42. The first-order chi connectivity index (χ1) is 14.6. The highest BCUT2D eigenvalue weighted by molar-refractivity contribution is 5.52. The van der Waals surface area contributed by atoms with Gasteiger partial charge in [-0.3, -0.25) is 0 Å². The summed E-state index contributed by atoms with van der Waals surface area (Å²) in [7, 11) is 0. The molecular weight excluding hydrogens is 364 g/mol. The lowest BCUT2D eigenvalue weighted by Gasteiger charge is -2.36. The molecule has 0 spiro atoms. The molecule has 0 heterocycles. The smallest absolute Gasteiger partial charge is 0.168 e. The minimum absolute atomic E-state index is 0.101. The van der Waals surface area contributed by atoms with E-state index in [4.69, 9.17) is 0 Å². The molecule has 0 N–H and O–H groups in total. The second-order valence-electron chi connectivity index (χ2n) is 8.17. The number of allylic oxidation sites excluding steroid dienone is 4. The molecule has 2 atom stereocenters. The van der Waals surface area contributed by atoms with Gasteiger partial charge in [-0.15, -0.1) is 6.58 Å². The lowest BCUT2D eigenvalue weighted by atomic mass is 9.64. The Morgan fingerprint density at radius 1 is 1.10 bits per heavy atom. The molecule has 1 aliphatic rings. The Balaban J connectivity index is 2.07. The molecule has 2 nitrogen and oxygen atoms in total. The summed E-state index contributed by atoms with van der Waals surface area (Å²) in [5.74, 6) is 0.212. The summed E-state index contributed by atoms with van der Waals surface area (Å²) in [5, 5.41) is 20.2. The Morgan fingerprint density at radius 2 is 1.73 bits per heavy atom. The molecule has 3 rings (SSSR count). The van der Waals surface area contributed by atoms with Gasteiger partial charge in [0.2, 0.25) is 0 Å². The molecule has 150 valence electrons. The molecular formula is C28H28N2. The van der Waals surface area contributed by atoms with E-state index >= 15 is 0 Å². The van der Waals surface area contributed by atoms with Gasteiger partial charge in [0.25, 0.3) is 0 Å². The molecule has 0 amide bonds. The van der Waals surface area contributed by atoms with Crippen LogP contribution in [0.15, 0.2) is 90.5 Å². The van der Waals surface area contributed by atoms with E-state index in [-0.39, 0.29) is 11.8 Å². The Hall–Kier alpha value is -3.36. The molecule has 2 heteroatoms. The van der Waals surface area contributed by atoms with Gasteiger partial charge >= 0.3 is 0 Å². The van der Waals surface area contributed by atoms with Crippen molar-refractivity contribution in [1.29, 1.82) is 10.5 Å². The van der Waals surface area contributed by atoms with Gasteiger partial charge in [0, 0.05) is 12.3 Å². The molecule has 0 radical (unpaired) electrons. The van der Waals surface area contributed by atoms with Crippen LogP contribution >= 0.6 is 0 Å². The zero-order valence-electron chi connectivity index (χ0n) is 17.6. The van der Waals surface area contributed by atoms with Crippen molar-refractivity contribution in [2.45, 2.75) is 38.5 Å². The quantitative estimate of drug-likeness (QED) is 0.467. The third-order valence-electron chi connectivity index (χ3n) is 5.84. The Bertz CT molecular complexity index is 986. The molecule has 30 heavy (non-hydrogen) atoms. The predicted molar refractivity (Wildman–Crippen MR) is 123 cm³/mol. The summed E-state index contributed by atoms with van der Waals surface area (Å²) in [6.45, 7) is 5.89. The van der Waals surface area contributed by atoms with Crippen LogP contribution in [0.2, 0.25) is 0 Å². The summed E-state index contributed by atoms with van der Waals surface area (Å²) in [6.07, 6.45) is 9.87. The standard InChI is InChI=1S/C28H28N2/c1-22(2)19-28(20-29,21-30)27-16-10-9-15-26(27)25(24-13-7-4-8-14-24)18-17-23-11-5-3-6-12-23/h3-8,11-14,16-18,25-26H,1,9-10,15,19H2,2H3. The summed E-state index contributed by atoms with van der Waals surface area (Å²) in [5.41, 5.74) is 3.04. The van der Waals surface area contributed by atoms with Crippen LogP contribution in [0.1, 0.15) is 49.7 Å². The van der Waals surface area contributed by atoms with E-state index in [1.807, 2.05) is 31.2 Å². The van der Waals surface area contributed by atoms with Crippen LogP contribution in [-0.4, -0.2) is 0 Å². The molecule has 2 aromatic rings. The van der Waals surface area contributed by atoms with Crippen LogP contribution in [0, 0.1) is 34.0 Å². The van der Waals surface area contributed by atoms with Crippen molar-refractivity contribution in [3.05, 3.63) is 102 Å². The van der Waals surface area contributed by atoms with E-state index in [1.54, 1.807) is 0 Å². The van der Waals surface area contributed by atoms with Crippen molar-refractivity contribution in [2.24, 2.45) is 11.3 Å². The maximum Gasteiger partial charge on any atom is 0.168 e. The fraction of sp³-hybridized carbons (Fsp3) is 0.286. The zero-order chi connectivity index (χ0) is 21.4. The van der Waals surface area contributed by atoms with Crippen LogP contribution in [-0.2, 0) is 0 Å².